The fraction of sp³-hybridized carbons (Fsp3) is 0.385. The minimum Gasteiger partial charge on any atom is -0.357 e. The van der Waals surface area contributed by atoms with E-state index >= 15 is 0 Å². The standard InChI is InChI=1S/C26H28N4O2S2/c1-16-7-9-19(10-8-16)15-30-25(32)22(34-26(30)33)12-20-18(3)21(13-27)24(31)28(4)23(20)29-11-5-6-17(2)14-29/h7-10,12,17H,5-6,11,14-15H2,1-4H3. The number of carbonyl (C=O) groups is 1. The lowest BCUT2D eigenvalue weighted by Crippen LogP contribution is -2.39. The summed E-state index contributed by atoms with van der Waals surface area (Å²) in [6.45, 7) is 8.09. The number of nitrogens with zero attached hydrogens (tertiary/aromatic N) is 4. The number of thioether (sulfide) groups is 1. The average Bonchev–Trinajstić information content (AvgIpc) is 3.06. The summed E-state index contributed by atoms with van der Waals surface area (Å²) in [7, 11) is 1.71. The topological polar surface area (TPSA) is 69.3 Å². The van der Waals surface area contributed by atoms with Gasteiger partial charge in [0.15, 0.2) is 0 Å². The summed E-state index contributed by atoms with van der Waals surface area (Å²) in [6, 6.07) is 10.1. The molecule has 0 aliphatic carbocycles. The number of anilines is 1. The van der Waals surface area contributed by atoms with Crippen molar-refractivity contribution in [3.8, 4) is 6.07 Å². The Hall–Kier alpha value is -2.89. The molecule has 1 amide bonds. The van der Waals surface area contributed by atoms with Crippen molar-refractivity contribution in [3.63, 3.8) is 0 Å². The van der Waals surface area contributed by atoms with Crippen molar-refractivity contribution >= 4 is 46.1 Å². The Balaban J connectivity index is 1.77. The third-order valence-corrected chi connectivity index (χ3v) is 7.91. The van der Waals surface area contributed by atoms with Crippen LogP contribution < -0.4 is 10.5 Å². The molecule has 2 fully saturated rings. The molecule has 34 heavy (non-hydrogen) atoms. The maximum absolute atomic E-state index is 13.4. The van der Waals surface area contributed by atoms with Gasteiger partial charge in [0.25, 0.3) is 11.5 Å². The SMILES string of the molecule is Cc1ccc(CN2C(=O)C(=Cc3c(C)c(C#N)c(=O)n(C)c3N3CCCC(C)C3)SC2=S)cc1. The van der Waals surface area contributed by atoms with Crippen LogP contribution in [-0.4, -0.2) is 32.8 Å². The quantitative estimate of drug-likeness (QED) is 0.462. The van der Waals surface area contributed by atoms with Crippen LogP contribution in [0.25, 0.3) is 6.08 Å². The normalized spacial score (nSPS) is 19.7. The van der Waals surface area contributed by atoms with E-state index in [-0.39, 0.29) is 17.0 Å². The maximum Gasteiger partial charge on any atom is 0.270 e. The minimum atomic E-state index is -0.308. The molecule has 0 N–H and O–H groups in total. The molecule has 0 saturated carbocycles. The fourth-order valence-electron chi connectivity index (χ4n) is 4.62. The fourth-order valence-corrected chi connectivity index (χ4v) is 5.86. The van der Waals surface area contributed by atoms with Crippen molar-refractivity contribution in [1.29, 1.82) is 5.26 Å². The number of aromatic nitrogens is 1. The Morgan fingerprint density at radius 1 is 1.24 bits per heavy atom. The number of benzene rings is 1. The van der Waals surface area contributed by atoms with E-state index in [0.29, 0.717) is 27.3 Å². The number of pyridine rings is 1. The van der Waals surface area contributed by atoms with Gasteiger partial charge >= 0.3 is 0 Å². The van der Waals surface area contributed by atoms with Crippen LogP contribution in [0.1, 0.15) is 47.6 Å². The van der Waals surface area contributed by atoms with E-state index < -0.39 is 0 Å². The van der Waals surface area contributed by atoms with Gasteiger partial charge in [-0.15, -0.1) is 0 Å². The lowest BCUT2D eigenvalue weighted by Gasteiger charge is -2.35. The van der Waals surface area contributed by atoms with Crippen molar-refractivity contribution in [2.24, 2.45) is 13.0 Å². The lowest BCUT2D eigenvalue weighted by atomic mass is 9.98. The van der Waals surface area contributed by atoms with Crippen LogP contribution >= 0.6 is 24.0 Å². The highest BCUT2D eigenvalue weighted by molar-refractivity contribution is 8.26. The van der Waals surface area contributed by atoms with Gasteiger partial charge in [0, 0.05) is 25.7 Å². The summed E-state index contributed by atoms with van der Waals surface area (Å²) in [5.41, 5.74) is 3.31. The van der Waals surface area contributed by atoms with Gasteiger partial charge in [-0.3, -0.25) is 19.1 Å². The monoisotopic (exact) mass is 492 g/mol. The molecule has 6 nitrogen and oxygen atoms in total. The number of thiocarbonyl (C=S) groups is 1. The van der Waals surface area contributed by atoms with E-state index in [2.05, 4.69) is 17.9 Å². The highest BCUT2D eigenvalue weighted by Crippen LogP contribution is 2.37. The van der Waals surface area contributed by atoms with E-state index in [1.54, 1.807) is 23.4 Å². The molecule has 1 aromatic carbocycles. The summed E-state index contributed by atoms with van der Waals surface area (Å²) >= 11 is 6.81. The molecule has 3 heterocycles. The molecule has 176 valence electrons. The smallest absolute Gasteiger partial charge is 0.270 e. The molecule has 2 aromatic rings. The maximum atomic E-state index is 13.4. The predicted molar refractivity (Wildman–Crippen MR) is 142 cm³/mol. The van der Waals surface area contributed by atoms with Crippen molar-refractivity contribution in [2.75, 3.05) is 18.0 Å². The van der Waals surface area contributed by atoms with Crippen LogP contribution in [0.3, 0.4) is 0 Å². The van der Waals surface area contributed by atoms with E-state index in [1.165, 1.54) is 11.8 Å². The molecule has 1 unspecified atom stereocenters. The molecule has 4 rings (SSSR count). The highest BCUT2D eigenvalue weighted by atomic mass is 32.2. The predicted octanol–water partition coefficient (Wildman–Crippen LogP) is 4.51. The number of hydrogen-bond acceptors (Lipinski definition) is 6. The Kier molecular flexibility index (Phi) is 6.96. The van der Waals surface area contributed by atoms with Crippen molar-refractivity contribution in [1.82, 2.24) is 9.47 Å². The van der Waals surface area contributed by atoms with Gasteiger partial charge in [-0.1, -0.05) is 60.7 Å². The van der Waals surface area contributed by atoms with Crippen LogP contribution in [0.4, 0.5) is 5.82 Å². The number of rotatable bonds is 4. The summed E-state index contributed by atoms with van der Waals surface area (Å²) < 4.78 is 2.07. The zero-order valence-electron chi connectivity index (χ0n) is 19.9. The number of aryl methyl sites for hydroxylation is 1. The summed E-state index contributed by atoms with van der Waals surface area (Å²) in [4.78, 5) is 30.6. The van der Waals surface area contributed by atoms with E-state index in [0.717, 1.165) is 48.4 Å². The zero-order valence-corrected chi connectivity index (χ0v) is 21.6. The van der Waals surface area contributed by atoms with E-state index in [9.17, 15) is 14.9 Å². The van der Waals surface area contributed by atoms with Crippen LogP contribution in [0.5, 0.6) is 0 Å². The molecule has 1 aromatic heterocycles. The van der Waals surface area contributed by atoms with E-state index in [4.69, 9.17) is 12.2 Å². The second kappa shape index (κ2) is 9.77. The first kappa shape index (κ1) is 24.2. The van der Waals surface area contributed by atoms with Gasteiger partial charge < -0.3 is 4.90 Å². The number of carbonyl (C=O) groups excluding carboxylic acids is 1. The Morgan fingerprint density at radius 3 is 2.59 bits per heavy atom. The van der Waals surface area contributed by atoms with Gasteiger partial charge in [-0.2, -0.15) is 5.26 Å². The summed E-state index contributed by atoms with van der Waals surface area (Å²) in [6.07, 6.45) is 4.00. The minimum absolute atomic E-state index is 0.109. The van der Waals surface area contributed by atoms with Gasteiger partial charge in [0.05, 0.1) is 11.4 Å². The first-order chi connectivity index (χ1) is 16.2. The first-order valence-corrected chi connectivity index (χ1v) is 12.6. The summed E-state index contributed by atoms with van der Waals surface area (Å²) in [5, 5.41) is 9.67. The molecule has 2 aliphatic heterocycles. The Labute approximate surface area is 209 Å². The molecule has 0 radical (unpaired) electrons. The van der Waals surface area contributed by atoms with Crippen LogP contribution in [-0.2, 0) is 18.4 Å². The number of amides is 1. The van der Waals surface area contributed by atoms with Gasteiger partial charge in [0.1, 0.15) is 21.8 Å². The average molecular weight is 493 g/mol. The second-order valence-corrected chi connectivity index (χ2v) is 10.8. The van der Waals surface area contributed by atoms with Crippen LogP contribution in [0, 0.1) is 31.1 Å². The molecule has 2 saturated heterocycles. The molecule has 0 bridgehead atoms. The summed E-state index contributed by atoms with van der Waals surface area (Å²) in [5.74, 6) is 1.11. The molecule has 8 heteroatoms. The number of piperidine rings is 1. The van der Waals surface area contributed by atoms with Crippen molar-refractivity contribution < 1.29 is 4.79 Å². The van der Waals surface area contributed by atoms with Crippen molar-refractivity contribution in [2.45, 2.75) is 40.2 Å². The Bertz CT molecular complexity index is 1290. The van der Waals surface area contributed by atoms with E-state index in [1.807, 2.05) is 37.3 Å². The first-order valence-electron chi connectivity index (χ1n) is 11.4. The number of nitriles is 1. The van der Waals surface area contributed by atoms with Crippen LogP contribution in [0.2, 0.25) is 0 Å². The second-order valence-electron chi connectivity index (χ2n) is 9.16. The van der Waals surface area contributed by atoms with Gasteiger partial charge in [-0.25, -0.2) is 0 Å². The zero-order chi connectivity index (χ0) is 24.6. The molecular weight excluding hydrogens is 464 g/mol. The van der Waals surface area contributed by atoms with Gasteiger partial charge in [-0.05, 0) is 49.8 Å². The highest BCUT2D eigenvalue weighted by Gasteiger charge is 2.33. The lowest BCUT2D eigenvalue weighted by molar-refractivity contribution is -0.122. The molecule has 1 atom stereocenters. The molecular formula is C26H28N4O2S2. The third-order valence-electron chi connectivity index (χ3n) is 6.53. The number of hydrogen-bond donors (Lipinski definition) is 0. The largest absolute Gasteiger partial charge is 0.357 e. The van der Waals surface area contributed by atoms with Crippen molar-refractivity contribution in [3.05, 3.63) is 67.3 Å². The Morgan fingerprint density at radius 2 is 1.94 bits per heavy atom. The molecule has 0 spiro atoms. The van der Waals surface area contributed by atoms with Gasteiger partial charge in [0.2, 0.25) is 0 Å². The molecule has 2 aliphatic rings. The van der Waals surface area contributed by atoms with Crippen LogP contribution in [0.15, 0.2) is 34.0 Å². The third kappa shape index (κ3) is 4.55.